The monoisotopic (exact) mass is 608 g/mol. The van der Waals surface area contributed by atoms with E-state index in [1.807, 2.05) is 67.3 Å². The average molecular weight is 609 g/mol. The van der Waals surface area contributed by atoms with E-state index in [2.05, 4.69) is 59.7 Å². The molecule has 0 spiro atoms. The summed E-state index contributed by atoms with van der Waals surface area (Å²) in [5, 5.41) is 28.9. The minimum Gasteiger partial charge on any atom is -0.383 e. The molecule has 5 aromatic rings. The lowest BCUT2D eigenvalue weighted by Gasteiger charge is -2.23. The fraction of sp³-hybridized carbons (Fsp3) is 0.382. The Hall–Kier alpha value is -4.42. The molecule has 1 aliphatic rings. The average Bonchev–Trinajstić information content (AvgIpc) is 3.52. The predicted molar refractivity (Wildman–Crippen MR) is 176 cm³/mol. The van der Waals surface area contributed by atoms with Crippen LogP contribution < -0.4 is 16.2 Å². The van der Waals surface area contributed by atoms with Crippen molar-refractivity contribution in [3.63, 3.8) is 0 Å². The van der Waals surface area contributed by atoms with Gasteiger partial charge >= 0.3 is 0 Å². The quantitative estimate of drug-likeness (QED) is 0.188. The normalized spacial score (nSPS) is 15.0. The molecule has 1 unspecified atom stereocenters. The van der Waals surface area contributed by atoms with Crippen LogP contribution in [0, 0.1) is 16.7 Å². The number of benzene rings is 2. The van der Waals surface area contributed by atoms with Crippen molar-refractivity contribution >= 4 is 44.7 Å². The number of nitrogens with zero attached hydrogens (tertiary/aromatic N) is 6. The molecule has 226 valence electrons. The van der Waals surface area contributed by atoms with Gasteiger partial charge in [0.1, 0.15) is 11.8 Å². The van der Waals surface area contributed by atoms with Crippen LogP contribution in [0.5, 0.6) is 0 Å². The van der Waals surface area contributed by atoms with Gasteiger partial charge in [0.2, 0.25) is 0 Å². The van der Waals surface area contributed by atoms with E-state index < -0.39 is 6.04 Å². The molecule has 0 amide bonds. The molecule has 6 rings (SSSR count). The van der Waals surface area contributed by atoms with Gasteiger partial charge < -0.3 is 15.2 Å². The molecule has 9 nitrogen and oxygen atoms in total. The Kier molecular flexibility index (Phi) is 7.37. The Bertz CT molecular complexity index is 1990. The smallest absolute Gasteiger partial charge is 0.258 e. The summed E-state index contributed by atoms with van der Waals surface area (Å²) in [6.45, 7) is 13.2. The van der Waals surface area contributed by atoms with Crippen molar-refractivity contribution in [2.75, 3.05) is 17.2 Å². The second kappa shape index (κ2) is 10.9. The Morgan fingerprint density at radius 1 is 1.14 bits per heavy atom. The SMILES string of the molecule is CC(C)n1ccc2c(C(Nc3cc(Cl)c4ncc(C#N)c(NCC(C)(C)C)c4c3)c3cn(C4(C)CC4)nn3)cccc2c1=O. The zero-order valence-electron chi connectivity index (χ0n) is 25.9. The molecule has 0 saturated heterocycles. The van der Waals surface area contributed by atoms with E-state index in [9.17, 15) is 10.1 Å². The van der Waals surface area contributed by atoms with Crippen molar-refractivity contribution in [1.82, 2.24) is 24.5 Å². The van der Waals surface area contributed by atoms with Crippen LogP contribution in [-0.4, -0.2) is 31.1 Å². The Morgan fingerprint density at radius 3 is 2.59 bits per heavy atom. The highest BCUT2D eigenvalue weighted by atomic mass is 35.5. The summed E-state index contributed by atoms with van der Waals surface area (Å²) in [4.78, 5) is 18.0. The van der Waals surface area contributed by atoms with Gasteiger partial charge in [-0.1, -0.05) is 49.7 Å². The van der Waals surface area contributed by atoms with Crippen molar-refractivity contribution < 1.29 is 0 Å². The van der Waals surface area contributed by atoms with E-state index in [0.717, 1.165) is 40.6 Å². The highest BCUT2D eigenvalue weighted by molar-refractivity contribution is 6.35. The first-order valence-electron chi connectivity index (χ1n) is 15.0. The fourth-order valence-electron chi connectivity index (χ4n) is 5.51. The number of pyridine rings is 2. The van der Waals surface area contributed by atoms with Gasteiger partial charge in [-0.2, -0.15) is 5.26 Å². The van der Waals surface area contributed by atoms with E-state index in [1.165, 1.54) is 0 Å². The molecule has 3 aromatic heterocycles. The number of aromatic nitrogens is 5. The molecular formula is C34H37ClN8O. The van der Waals surface area contributed by atoms with Gasteiger partial charge in [0, 0.05) is 41.4 Å². The number of halogens is 1. The van der Waals surface area contributed by atoms with Crippen LogP contribution in [0.3, 0.4) is 0 Å². The molecule has 2 N–H and O–H groups in total. The number of nitriles is 1. The maximum absolute atomic E-state index is 13.5. The lowest BCUT2D eigenvalue weighted by molar-refractivity contribution is 0.443. The first-order chi connectivity index (χ1) is 20.9. The summed E-state index contributed by atoms with van der Waals surface area (Å²) in [6, 6.07) is 13.5. The number of fused-ring (bicyclic) bond motifs is 2. The summed E-state index contributed by atoms with van der Waals surface area (Å²) in [5.41, 5.74) is 4.02. The zero-order chi connectivity index (χ0) is 31.4. The summed E-state index contributed by atoms with van der Waals surface area (Å²) in [6.07, 6.45) is 7.51. The second-order valence-electron chi connectivity index (χ2n) is 13.5. The maximum atomic E-state index is 13.5. The number of hydrogen-bond donors (Lipinski definition) is 2. The molecule has 1 aliphatic carbocycles. The third-order valence-corrected chi connectivity index (χ3v) is 8.65. The highest BCUT2D eigenvalue weighted by Gasteiger charge is 2.41. The molecule has 0 radical (unpaired) electrons. The van der Waals surface area contributed by atoms with Crippen LogP contribution in [0.15, 0.2) is 59.8 Å². The van der Waals surface area contributed by atoms with Crippen LogP contribution in [0.25, 0.3) is 21.7 Å². The maximum Gasteiger partial charge on any atom is 0.258 e. The summed E-state index contributed by atoms with van der Waals surface area (Å²) in [5.74, 6) is 0. The molecule has 2 aromatic carbocycles. The van der Waals surface area contributed by atoms with Crippen molar-refractivity contribution in [2.45, 2.75) is 72.0 Å². The van der Waals surface area contributed by atoms with Crippen molar-refractivity contribution in [3.8, 4) is 6.07 Å². The Labute approximate surface area is 261 Å². The molecular weight excluding hydrogens is 572 g/mol. The molecule has 3 heterocycles. The summed E-state index contributed by atoms with van der Waals surface area (Å²) < 4.78 is 3.69. The first-order valence-corrected chi connectivity index (χ1v) is 15.4. The Balaban J connectivity index is 1.51. The third-order valence-electron chi connectivity index (χ3n) is 8.36. The number of rotatable bonds is 8. The van der Waals surface area contributed by atoms with Gasteiger partial charge in [-0.25, -0.2) is 4.68 Å². The minimum atomic E-state index is -0.448. The van der Waals surface area contributed by atoms with E-state index in [0.29, 0.717) is 33.7 Å². The Morgan fingerprint density at radius 2 is 1.91 bits per heavy atom. The molecule has 10 heteroatoms. The number of anilines is 2. The van der Waals surface area contributed by atoms with E-state index in [4.69, 9.17) is 11.6 Å². The van der Waals surface area contributed by atoms with Gasteiger partial charge in [-0.15, -0.1) is 5.10 Å². The van der Waals surface area contributed by atoms with Crippen molar-refractivity contribution in [1.29, 1.82) is 5.26 Å². The molecule has 44 heavy (non-hydrogen) atoms. The highest BCUT2D eigenvalue weighted by Crippen LogP contribution is 2.43. The number of hydrogen-bond acceptors (Lipinski definition) is 7. The summed E-state index contributed by atoms with van der Waals surface area (Å²) in [7, 11) is 0. The van der Waals surface area contributed by atoms with E-state index in [-0.39, 0.29) is 22.6 Å². The standard InChI is InChI=1S/C34H37ClN8O/c1-20(2)42-13-10-23-24(8-7-9-25(23)32(42)44)31(28-18-43(41-40-28)34(6)11-12-34)39-22-14-26-29(38-19-33(3,4)5)21(16-36)17-37-30(26)27(35)15-22/h7-10,13-15,17-18,20,31,39H,11-12,19H2,1-6H3,(H,37,38). The fourth-order valence-corrected chi connectivity index (χ4v) is 5.78. The van der Waals surface area contributed by atoms with E-state index in [1.54, 1.807) is 10.8 Å². The lowest BCUT2D eigenvalue weighted by atomic mass is 9.96. The van der Waals surface area contributed by atoms with Crippen molar-refractivity contribution in [2.24, 2.45) is 5.41 Å². The van der Waals surface area contributed by atoms with Crippen LogP contribution in [0.1, 0.15) is 83.3 Å². The van der Waals surface area contributed by atoms with Crippen LogP contribution in [0.2, 0.25) is 5.02 Å². The first kappa shape index (κ1) is 29.6. The van der Waals surface area contributed by atoms with Gasteiger partial charge in [0.15, 0.2) is 0 Å². The third kappa shape index (κ3) is 5.50. The van der Waals surface area contributed by atoms with Crippen molar-refractivity contribution in [3.05, 3.63) is 87.2 Å². The largest absolute Gasteiger partial charge is 0.383 e. The van der Waals surface area contributed by atoms with Gasteiger partial charge in [0.05, 0.1) is 39.6 Å². The van der Waals surface area contributed by atoms with Crippen LogP contribution in [0.4, 0.5) is 11.4 Å². The predicted octanol–water partition coefficient (Wildman–Crippen LogP) is 7.42. The minimum absolute atomic E-state index is 0.0143. The summed E-state index contributed by atoms with van der Waals surface area (Å²) >= 11 is 6.84. The van der Waals surface area contributed by atoms with Crippen LogP contribution >= 0.6 is 11.6 Å². The van der Waals surface area contributed by atoms with Gasteiger partial charge in [0.25, 0.3) is 5.56 Å². The molecule has 1 atom stereocenters. The molecule has 1 fully saturated rings. The van der Waals surface area contributed by atoms with Gasteiger partial charge in [-0.3, -0.25) is 9.78 Å². The second-order valence-corrected chi connectivity index (χ2v) is 13.9. The van der Waals surface area contributed by atoms with E-state index >= 15 is 0 Å². The lowest BCUT2D eigenvalue weighted by Crippen LogP contribution is -2.22. The molecule has 0 bridgehead atoms. The number of nitrogens with one attached hydrogen (secondary N) is 2. The topological polar surface area (TPSA) is 113 Å². The molecule has 0 aliphatic heterocycles. The van der Waals surface area contributed by atoms with Gasteiger partial charge in [-0.05, 0) is 74.2 Å². The van der Waals surface area contributed by atoms with Crippen LogP contribution in [-0.2, 0) is 5.54 Å². The molecule has 1 saturated carbocycles. The zero-order valence-corrected chi connectivity index (χ0v) is 26.7.